The molecule has 4 aliphatic rings. The predicted octanol–water partition coefficient (Wildman–Crippen LogP) is 4.37. The maximum atomic E-state index is 14.5. The quantitative estimate of drug-likeness (QED) is 0.164. The number of anilines is 1. The van der Waals surface area contributed by atoms with Crippen LogP contribution in [0.3, 0.4) is 0 Å². The lowest BCUT2D eigenvalue weighted by Gasteiger charge is -2.49. The number of hydrogen-bond acceptors (Lipinski definition) is 14. The Balaban J connectivity index is 1.55. The van der Waals surface area contributed by atoms with Crippen molar-refractivity contribution >= 4 is 17.7 Å². The van der Waals surface area contributed by atoms with E-state index in [0.29, 0.717) is 38.2 Å². The summed E-state index contributed by atoms with van der Waals surface area (Å²) >= 11 is 0. The second kappa shape index (κ2) is 20.6. The number of aliphatic hydroxyl groups is 4. The average molecular weight is 894 g/mol. The molecule has 0 unspecified atom stereocenters. The van der Waals surface area contributed by atoms with E-state index in [4.69, 9.17) is 33.2 Å². The summed E-state index contributed by atoms with van der Waals surface area (Å²) in [5.74, 6) is -2.78. The molecule has 4 heterocycles. The van der Waals surface area contributed by atoms with Crippen LogP contribution in [0.2, 0.25) is 0 Å². The minimum atomic E-state index is -1.83. The largest absolute Gasteiger partial charge is 0.459 e. The molecule has 0 radical (unpaired) electrons. The maximum absolute atomic E-state index is 14.5. The number of methoxy groups -OCH3 is 1. The zero-order chi connectivity index (χ0) is 46.8. The standard InChI is InChI=1S/C47H79N3O13/c1-14-21-50(43(54)49(12)33-19-17-16-18-20-33)34-22-28(4)59-42(37(34)51)63-40-29(5)38(62-36-24-45(10,57-13)47(26-58-47)32(8)60-36)30(6)41(53)61-35(15-2)46(11,56)39(52)31(7)48-25-27(3)23-44(40,9)55/h16-20,27-32,34-40,42,48,51-52,55-56H,14-15,21-26H2,1-13H3/t27-,28-,29+,30-,31-,32+,34+,35-,36+,37-,38+,39-,40-,42+,44-,45-,46-,47+/m1/s1. The molecule has 0 aliphatic carbocycles. The second-order valence-corrected chi connectivity index (χ2v) is 19.7. The highest BCUT2D eigenvalue weighted by molar-refractivity contribution is 5.91. The van der Waals surface area contributed by atoms with Crippen LogP contribution in [0.25, 0.3) is 0 Å². The molecule has 16 heteroatoms. The van der Waals surface area contributed by atoms with Gasteiger partial charge in [0.15, 0.2) is 12.6 Å². The summed E-state index contributed by atoms with van der Waals surface area (Å²) in [6.07, 6.45) is -7.48. The summed E-state index contributed by atoms with van der Waals surface area (Å²) in [5.41, 5.74) is -4.24. The Labute approximate surface area is 375 Å². The van der Waals surface area contributed by atoms with Crippen molar-refractivity contribution in [3.63, 3.8) is 0 Å². The van der Waals surface area contributed by atoms with Crippen LogP contribution in [-0.4, -0.2) is 161 Å². The third-order valence-corrected chi connectivity index (χ3v) is 14.5. The minimum absolute atomic E-state index is 0.167. The number of ether oxygens (including phenoxy) is 7. The van der Waals surface area contributed by atoms with Crippen molar-refractivity contribution in [1.29, 1.82) is 0 Å². The van der Waals surface area contributed by atoms with Crippen molar-refractivity contribution < 1.29 is 63.2 Å². The van der Waals surface area contributed by atoms with Crippen molar-refractivity contribution in [3.8, 4) is 0 Å². The number of nitrogens with one attached hydrogen (secondary N) is 1. The van der Waals surface area contributed by atoms with E-state index in [0.717, 1.165) is 0 Å². The van der Waals surface area contributed by atoms with Gasteiger partial charge in [0.1, 0.15) is 35.1 Å². The monoisotopic (exact) mass is 894 g/mol. The summed E-state index contributed by atoms with van der Waals surface area (Å²) in [6, 6.07) is 7.67. The Hall–Kier alpha value is -2.48. The first-order valence-corrected chi connectivity index (χ1v) is 23.1. The fraction of sp³-hybridized carbons (Fsp3) is 0.830. The number of amides is 2. The molecule has 5 N–H and O–H groups in total. The summed E-state index contributed by atoms with van der Waals surface area (Å²) in [5, 5.41) is 51.6. The van der Waals surface area contributed by atoms with Gasteiger partial charge in [0.25, 0.3) is 0 Å². The third kappa shape index (κ3) is 10.9. The first-order valence-electron chi connectivity index (χ1n) is 23.1. The van der Waals surface area contributed by atoms with E-state index in [1.54, 1.807) is 51.7 Å². The van der Waals surface area contributed by atoms with Gasteiger partial charge in [0.05, 0.1) is 48.6 Å². The first-order chi connectivity index (χ1) is 29.5. The zero-order valence-corrected chi connectivity index (χ0v) is 40.0. The molecular formula is C47H79N3O13. The van der Waals surface area contributed by atoms with Gasteiger partial charge in [0.2, 0.25) is 0 Å². The smallest absolute Gasteiger partial charge is 0.324 e. The van der Waals surface area contributed by atoms with Gasteiger partial charge in [-0.05, 0) is 98.7 Å². The lowest BCUT2D eigenvalue weighted by molar-refractivity contribution is -0.315. The summed E-state index contributed by atoms with van der Waals surface area (Å²) in [6.45, 7) is 20.9. The van der Waals surface area contributed by atoms with E-state index in [1.165, 1.54) is 6.92 Å². The van der Waals surface area contributed by atoms with Crippen molar-refractivity contribution in [2.75, 3.05) is 38.8 Å². The third-order valence-electron chi connectivity index (χ3n) is 14.5. The summed E-state index contributed by atoms with van der Waals surface area (Å²) in [4.78, 5) is 31.9. The van der Waals surface area contributed by atoms with Crippen LogP contribution in [0.1, 0.15) is 108 Å². The van der Waals surface area contributed by atoms with E-state index in [9.17, 15) is 30.0 Å². The number of nitrogens with zero attached hydrogens (tertiary/aromatic N) is 2. The molecule has 4 aliphatic heterocycles. The number of carbonyl (C=O) groups excluding carboxylic acids is 2. The van der Waals surface area contributed by atoms with Gasteiger partial charge < -0.3 is 63.8 Å². The molecule has 1 spiro atoms. The van der Waals surface area contributed by atoms with E-state index >= 15 is 0 Å². The Morgan fingerprint density at radius 1 is 0.968 bits per heavy atom. The number of urea groups is 1. The molecule has 0 saturated carbocycles. The van der Waals surface area contributed by atoms with Crippen molar-refractivity contribution in [1.82, 2.24) is 10.2 Å². The Kier molecular flexibility index (Phi) is 16.8. The molecule has 0 bridgehead atoms. The Morgan fingerprint density at radius 2 is 1.62 bits per heavy atom. The highest BCUT2D eigenvalue weighted by Gasteiger charge is 2.67. The van der Waals surface area contributed by atoms with Crippen LogP contribution in [-0.2, 0) is 38.0 Å². The normalized spacial score (nSPS) is 44.2. The molecule has 63 heavy (non-hydrogen) atoms. The van der Waals surface area contributed by atoms with Gasteiger partial charge in [-0.25, -0.2) is 4.79 Å². The molecule has 1 aromatic carbocycles. The van der Waals surface area contributed by atoms with Gasteiger partial charge >= 0.3 is 12.0 Å². The number of aliphatic hydroxyl groups excluding tert-OH is 2. The van der Waals surface area contributed by atoms with Crippen LogP contribution < -0.4 is 10.2 Å². The van der Waals surface area contributed by atoms with Crippen LogP contribution in [0.5, 0.6) is 0 Å². The highest BCUT2D eigenvalue weighted by Crippen LogP contribution is 2.51. The zero-order valence-electron chi connectivity index (χ0n) is 40.0. The second-order valence-electron chi connectivity index (χ2n) is 19.7. The van der Waals surface area contributed by atoms with E-state index in [1.807, 2.05) is 71.9 Å². The molecule has 5 rings (SSSR count). The number of esters is 1. The molecule has 4 saturated heterocycles. The number of cyclic esters (lactones) is 1. The number of para-hydroxylation sites is 1. The molecule has 18 atom stereocenters. The molecule has 360 valence electrons. The molecular weight excluding hydrogens is 815 g/mol. The maximum Gasteiger partial charge on any atom is 0.324 e. The van der Waals surface area contributed by atoms with Gasteiger partial charge in [-0.3, -0.25) is 9.69 Å². The number of benzene rings is 1. The van der Waals surface area contributed by atoms with Gasteiger partial charge in [-0.2, -0.15) is 0 Å². The first kappa shape index (κ1) is 51.5. The minimum Gasteiger partial charge on any atom is -0.459 e. The van der Waals surface area contributed by atoms with Crippen molar-refractivity contribution in [2.45, 2.75) is 198 Å². The summed E-state index contributed by atoms with van der Waals surface area (Å²) < 4.78 is 44.8. The molecule has 4 fully saturated rings. The predicted molar refractivity (Wildman–Crippen MR) is 236 cm³/mol. The Morgan fingerprint density at radius 3 is 2.21 bits per heavy atom. The Bertz CT molecular complexity index is 1650. The average Bonchev–Trinajstić information content (AvgIpc) is 4.06. The van der Waals surface area contributed by atoms with Crippen molar-refractivity contribution in [3.05, 3.63) is 30.3 Å². The number of hydrogen-bond donors (Lipinski definition) is 5. The number of rotatable bonds is 10. The lowest BCUT2D eigenvalue weighted by atomic mass is 9.77. The van der Waals surface area contributed by atoms with E-state index < -0.39 is 108 Å². The van der Waals surface area contributed by atoms with E-state index in [2.05, 4.69) is 5.32 Å². The van der Waals surface area contributed by atoms with E-state index in [-0.39, 0.29) is 31.2 Å². The number of epoxide rings is 1. The lowest BCUT2D eigenvalue weighted by Crippen LogP contribution is -2.62. The number of carbonyl (C=O) groups is 2. The fourth-order valence-electron chi connectivity index (χ4n) is 10.4. The molecule has 2 amide bonds. The highest BCUT2D eigenvalue weighted by atomic mass is 16.7. The fourth-order valence-corrected chi connectivity index (χ4v) is 10.4. The van der Waals surface area contributed by atoms with Crippen LogP contribution >= 0.6 is 0 Å². The topological polar surface area (TPSA) is 201 Å². The van der Waals surface area contributed by atoms with Crippen LogP contribution in [0.4, 0.5) is 10.5 Å². The molecule has 1 aromatic rings. The van der Waals surface area contributed by atoms with Crippen LogP contribution in [0, 0.1) is 17.8 Å². The van der Waals surface area contributed by atoms with Gasteiger partial charge in [0, 0.05) is 44.8 Å². The molecule has 0 aromatic heterocycles. The summed E-state index contributed by atoms with van der Waals surface area (Å²) in [7, 11) is 3.32. The van der Waals surface area contributed by atoms with Gasteiger partial charge in [-0.15, -0.1) is 0 Å². The van der Waals surface area contributed by atoms with Crippen LogP contribution in [0.15, 0.2) is 30.3 Å². The van der Waals surface area contributed by atoms with Gasteiger partial charge in [-0.1, -0.05) is 45.9 Å². The molecule has 16 nitrogen and oxygen atoms in total. The van der Waals surface area contributed by atoms with Crippen molar-refractivity contribution in [2.24, 2.45) is 17.8 Å². The SMILES string of the molecule is CCCN(C(=O)N(C)c1ccccc1)[C@H]1C[C@@H](C)O[C@@H](O[C@@H]2[C@@H](C)[C@H](O[C@H]3C[C@@](C)(OC)[C@]4(CO4)[C@H](C)O3)[C@@H](C)C(=O)O[C@H](CC)[C@@](C)(O)[C@H](O)[C@@H](C)NC[C@H](C)C[C@@]2(C)O)[C@@H]1O.